The van der Waals surface area contributed by atoms with Gasteiger partial charge in [-0.2, -0.15) is 0 Å². The minimum Gasteiger partial charge on any atom is -0.294 e. The molecule has 4 rings (SSSR count). The Morgan fingerprint density at radius 1 is 1.26 bits per heavy atom. The van der Waals surface area contributed by atoms with E-state index >= 15 is 0 Å². The summed E-state index contributed by atoms with van der Waals surface area (Å²) in [5.41, 5.74) is 1.96. The van der Waals surface area contributed by atoms with Gasteiger partial charge in [-0.1, -0.05) is 41.9 Å². The van der Waals surface area contributed by atoms with E-state index in [9.17, 15) is 8.78 Å². The average molecular weight is 534 g/mol. The fourth-order valence-corrected chi connectivity index (χ4v) is 5.53. The topological polar surface area (TPSA) is 30.2 Å². The minimum atomic E-state index is -2.54. The standard InChI is InChI=1S/C18H11ClF2IN3S2/c19-12-6-11(26-9-10-4-2-1-3-5-10)8-25-14(12)16(22)24-17(25)18-23-7-13(27-18)15(20)21/h1-8,15H,9H2. The third kappa shape index (κ3) is 3.98. The predicted molar refractivity (Wildman–Crippen MR) is 115 cm³/mol. The maximum atomic E-state index is 12.9. The van der Waals surface area contributed by atoms with Crippen LogP contribution >= 0.6 is 57.3 Å². The molecule has 4 aromatic rings. The van der Waals surface area contributed by atoms with Gasteiger partial charge in [0, 0.05) is 23.0 Å². The van der Waals surface area contributed by atoms with Crippen LogP contribution in [0.1, 0.15) is 16.9 Å². The molecule has 0 spiro atoms. The van der Waals surface area contributed by atoms with Gasteiger partial charge in [-0.05, 0) is 34.2 Å². The highest BCUT2D eigenvalue weighted by atomic mass is 127. The largest absolute Gasteiger partial charge is 0.294 e. The maximum Gasteiger partial charge on any atom is 0.274 e. The van der Waals surface area contributed by atoms with Crippen LogP contribution in [-0.2, 0) is 5.75 Å². The zero-order chi connectivity index (χ0) is 19.0. The number of pyridine rings is 1. The quantitative estimate of drug-likeness (QED) is 0.205. The van der Waals surface area contributed by atoms with E-state index in [-0.39, 0.29) is 4.88 Å². The van der Waals surface area contributed by atoms with E-state index in [0.717, 1.165) is 27.5 Å². The Bertz CT molecular complexity index is 1100. The summed E-state index contributed by atoms with van der Waals surface area (Å²) >= 11 is 11.2. The van der Waals surface area contributed by atoms with Crippen LogP contribution in [0, 0.1) is 3.70 Å². The van der Waals surface area contributed by atoms with Crippen LogP contribution in [0.15, 0.2) is 53.7 Å². The van der Waals surface area contributed by atoms with E-state index in [2.05, 4.69) is 44.7 Å². The first-order chi connectivity index (χ1) is 13.0. The first-order valence-electron chi connectivity index (χ1n) is 7.81. The number of hydrogen-bond acceptors (Lipinski definition) is 4. The second-order valence-corrected chi connectivity index (χ2v) is 9.15. The fraction of sp³-hybridized carbons (Fsp3) is 0.111. The van der Waals surface area contributed by atoms with Crippen LogP contribution < -0.4 is 0 Å². The summed E-state index contributed by atoms with van der Waals surface area (Å²) in [6, 6.07) is 12.0. The molecule has 0 aliphatic carbocycles. The molecule has 0 amide bonds. The molecule has 0 saturated heterocycles. The van der Waals surface area contributed by atoms with Crippen molar-refractivity contribution in [2.45, 2.75) is 17.1 Å². The molecule has 3 aromatic heterocycles. The molecule has 27 heavy (non-hydrogen) atoms. The Morgan fingerprint density at radius 2 is 2.04 bits per heavy atom. The van der Waals surface area contributed by atoms with Gasteiger partial charge >= 0.3 is 0 Å². The maximum absolute atomic E-state index is 12.9. The van der Waals surface area contributed by atoms with Gasteiger partial charge < -0.3 is 0 Å². The second kappa shape index (κ2) is 8.02. The molecule has 0 unspecified atom stereocenters. The first kappa shape index (κ1) is 19.1. The lowest BCUT2D eigenvalue weighted by Gasteiger charge is -2.06. The Hall–Kier alpha value is -1.23. The van der Waals surface area contributed by atoms with E-state index in [1.807, 2.05) is 34.9 Å². The highest BCUT2D eigenvalue weighted by Crippen LogP contribution is 2.36. The molecule has 138 valence electrons. The van der Waals surface area contributed by atoms with Crippen LogP contribution in [0.5, 0.6) is 0 Å². The highest BCUT2D eigenvalue weighted by molar-refractivity contribution is 14.1. The zero-order valence-electron chi connectivity index (χ0n) is 13.6. The van der Waals surface area contributed by atoms with Crippen molar-refractivity contribution >= 4 is 62.8 Å². The predicted octanol–water partition coefficient (Wildman–Crippen LogP) is 6.95. The number of benzene rings is 1. The molecule has 3 nitrogen and oxygen atoms in total. The Balaban J connectivity index is 1.73. The van der Waals surface area contributed by atoms with E-state index in [1.165, 1.54) is 11.8 Å². The summed E-state index contributed by atoms with van der Waals surface area (Å²) in [7, 11) is 0. The molecular weight excluding hydrogens is 523 g/mol. The molecule has 0 N–H and O–H groups in total. The number of thiazole rings is 1. The summed E-state index contributed by atoms with van der Waals surface area (Å²) in [5.74, 6) is 1.33. The van der Waals surface area contributed by atoms with Crippen molar-refractivity contribution in [3.05, 3.63) is 68.0 Å². The summed E-state index contributed by atoms with van der Waals surface area (Å²) in [4.78, 5) is 9.54. The Labute approximate surface area is 180 Å². The van der Waals surface area contributed by atoms with Crippen LogP contribution in [0.3, 0.4) is 0 Å². The molecule has 3 heterocycles. The molecule has 0 atom stereocenters. The lowest BCUT2D eigenvalue weighted by atomic mass is 10.2. The normalized spacial score (nSPS) is 11.6. The Kier molecular flexibility index (Phi) is 5.68. The number of aromatic nitrogens is 3. The van der Waals surface area contributed by atoms with E-state index in [1.54, 1.807) is 11.8 Å². The molecule has 0 aliphatic heterocycles. The summed E-state index contributed by atoms with van der Waals surface area (Å²) in [6.07, 6.45) is 0.596. The number of halogens is 4. The van der Waals surface area contributed by atoms with Gasteiger partial charge in [-0.3, -0.25) is 4.40 Å². The van der Waals surface area contributed by atoms with Crippen molar-refractivity contribution in [3.63, 3.8) is 0 Å². The third-order valence-electron chi connectivity index (χ3n) is 3.80. The number of alkyl halides is 2. The van der Waals surface area contributed by atoms with Crippen molar-refractivity contribution in [1.29, 1.82) is 0 Å². The monoisotopic (exact) mass is 533 g/mol. The minimum absolute atomic E-state index is 0.0718. The van der Waals surface area contributed by atoms with E-state index < -0.39 is 6.43 Å². The van der Waals surface area contributed by atoms with Crippen LogP contribution in [-0.4, -0.2) is 14.4 Å². The molecule has 0 fully saturated rings. The van der Waals surface area contributed by atoms with Crippen molar-refractivity contribution in [1.82, 2.24) is 14.4 Å². The molecule has 1 aromatic carbocycles. The molecule has 0 saturated carbocycles. The number of rotatable bonds is 5. The number of fused-ring (bicyclic) bond motifs is 1. The van der Waals surface area contributed by atoms with Crippen LogP contribution in [0.4, 0.5) is 8.78 Å². The summed E-state index contributed by atoms with van der Waals surface area (Å²) in [5, 5.41) is 1.02. The molecular formula is C18H11ClF2IN3S2. The highest BCUT2D eigenvalue weighted by Gasteiger charge is 2.19. The van der Waals surface area contributed by atoms with Gasteiger partial charge in [0.2, 0.25) is 0 Å². The summed E-state index contributed by atoms with van der Waals surface area (Å²) < 4.78 is 28.4. The number of hydrogen-bond donors (Lipinski definition) is 0. The smallest absolute Gasteiger partial charge is 0.274 e. The fourth-order valence-electron chi connectivity index (χ4n) is 2.56. The summed E-state index contributed by atoms with van der Waals surface area (Å²) in [6.45, 7) is 0. The Morgan fingerprint density at radius 3 is 2.74 bits per heavy atom. The van der Waals surface area contributed by atoms with Gasteiger partial charge in [0.15, 0.2) is 10.8 Å². The van der Waals surface area contributed by atoms with Gasteiger partial charge in [0.05, 0.1) is 15.4 Å². The molecule has 0 aliphatic rings. The van der Waals surface area contributed by atoms with Gasteiger partial charge in [-0.15, -0.1) is 23.1 Å². The van der Waals surface area contributed by atoms with Crippen molar-refractivity contribution in [2.24, 2.45) is 0 Å². The third-order valence-corrected chi connectivity index (χ3v) is 6.87. The molecule has 9 heteroatoms. The van der Waals surface area contributed by atoms with Crippen LogP contribution in [0.2, 0.25) is 5.02 Å². The number of nitrogens with zero attached hydrogens (tertiary/aromatic N) is 3. The van der Waals surface area contributed by atoms with Crippen molar-refractivity contribution < 1.29 is 8.78 Å². The van der Waals surface area contributed by atoms with Crippen LogP contribution in [0.25, 0.3) is 16.3 Å². The lowest BCUT2D eigenvalue weighted by molar-refractivity contribution is 0.155. The number of imidazole rings is 1. The average Bonchev–Trinajstić information content (AvgIpc) is 3.26. The van der Waals surface area contributed by atoms with Gasteiger partial charge in [0.25, 0.3) is 6.43 Å². The number of thioether (sulfide) groups is 1. The van der Waals surface area contributed by atoms with Crippen molar-refractivity contribution in [3.8, 4) is 10.8 Å². The lowest BCUT2D eigenvalue weighted by Crippen LogP contribution is -1.91. The second-order valence-electron chi connectivity index (χ2n) is 5.61. The van der Waals surface area contributed by atoms with Crippen molar-refractivity contribution in [2.75, 3.05) is 0 Å². The zero-order valence-corrected chi connectivity index (χ0v) is 18.1. The van der Waals surface area contributed by atoms with Gasteiger partial charge in [-0.25, -0.2) is 18.7 Å². The van der Waals surface area contributed by atoms with E-state index in [4.69, 9.17) is 11.6 Å². The van der Waals surface area contributed by atoms with Gasteiger partial charge in [0.1, 0.15) is 3.70 Å². The molecule has 0 radical (unpaired) electrons. The SMILES string of the molecule is FC(F)c1cnc(-c2nc(I)c3c(Cl)cc(SCc4ccccc4)cn23)s1. The first-order valence-corrected chi connectivity index (χ1v) is 11.1. The molecule has 0 bridgehead atoms. The van der Waals surface area contributed by atoms with E-state index in [0.29, 0.717) is 19.6 Å².